The van der Waals surface area contributed by atoms with E-state index in [-0.39, 0.29) is 18.5 Å². The Labute approximate surface area is 557 Å². The minimum absolute atomic E-state index is 0.00900. The summed E-state index contributed by atoms with van der Waals surface area (Å²) in [6.45, 7) is 4.92. The van der Waals surface area contributed by atoms with Crippen LogP contribution in [0.5, 0.6) is 0 Å². The predicted octanol–water partition coefficient (Wildman–Crippen LogP) is 27.0. The molecule has 0 aromatic heterocycles. The SMILES string of the molecule is CCCCC/C=C\C/C=C\CCCCCCCC(=O)OCCCCCCCCCCCCCCCCCCCCCCCCCCCCCCCCCCCCCC(=O)NC(CO)C(O)/C=C/CCCCCCCCCCCCCCCCCCCCCC. The maximum absolute atomic E-state index is 12.6. The standard InChI is InChI=1S/C83H159NO5/c1-3-5-7-9-11-13-15-17-19-20-21-22-38-41-44-48-51-55-59-63-67-71-75-81(86)80(79-85)84-82(87)76-72-68-64-60-56-52-49-45-42-39-36-34-32-30-28-26-24-23-25-27-29-31-33-35-37-40-43-46-50-54-58-62-66-70-74-78-89-83(88)77-73-69-65-61-57-53-47-18-16-14-12-10-8-6-4-2/h12,14,18,47,71,75,80-81,85-86H,3-11,13,15-17,19-46,48-70,72-74,76-79H2,1-2H3,(H,84,87)/b14-12-,47-18-,75-71+. The Balaban J connectivity index is 3.34. The van der Waals surface area contributed by atoms with Gasteiger partial charge in [0, 0.05) is 12.8 Å². The molecule has 0 heterocycles. The third-order valence-corrected chi connectivity index (χ3v) is 19.2. The molecule has 1 amide bonds. The van der Waals surface area contributed by atoms with Crippen molar-refractivity contribution in [3.05, 3.63) is 36.5 Å². The van der Waals surface area contributed by atoms with E-state index in [0.29, 0.717) is 19.4 Å². The van der Waals surface area contributed by atoms with Crippen LogP contribution in [0.4, 0.5) is 0 Å². The zero-order valence-electron chi connectivity index (χ0n) is 60.4. The van der Waals surface area contributed by atoms with E-state index in [1.165, 1.54) is 379 Å². The molecular weight excluding hydrogens is 1090 g/mol. The molecule has 0 bridgehead atoms. The zero-order chi connectivity index (χ0) is 64.2. The fourth-order valence-electron chi connectivity index (χ4n) is 13.0. The lowest BCUT2D eigenvalue weighted by Crippen LogP contribution is -2.45. The molecule has 89 heavy (non-hydrogen) atoms. The van der Waals surface area contributed by atoms with E-state index in [9.17, 15) is 19.8 Å². The highest BCUT2D eigenvalue weighted by molar-refractivity contribution is 5.76. The van der Waals surface area contributed by atoms with Crippen LogP contribution < -0.4 is 5.32 Å². The number of esters is 1. The quantitative estimate of drug-likeness (QED) is 0.0320. The number of unbranched alkanes of at least 4 members (excludes halogenated alkanes) is 62. The van der Waals surface area contributed by atoms with Gasteiger partial charge in [-0.2, -0.15) is 0 Å². The molecule has 0 radical (unpaired) electrons. The molecule has 6 nitrogen and oxygen atoms in total. The number of carbonyl (C=O) groups excluding carboxylic acids is 2. The topological polar surface area (TPSA) is 95.9 Å². The Hall–Kier alpha value is -1.92. The number of ether oxygens (including phenoxy) is 1. The van der Waals surface area contributed by atoms with Crippen molar-refractivity contribution in [3.63, 3.8) is 0 Å². The van der Waals surface area contributed by atoms with Gasteiger partial charge in [0.25, 0.3) is 0 Å². The third kappa shape index (κ3) is 75.0. The van der Waals surface area contributed by atoms with Gasteiger partial charge in [0.1, 0.15) is 0 Å². The first-order valence-corrected chi connectivity index (χ1v) is 40.8. The number of carbonyl (C=O) groups is 2. The molecule has 6 heteroatoms. The molecule has 0 aromatic carbocycles. The van der Waals surface area contributed by atoms with Crippen LogP contribution in [-0.2, 0) is 14.3 Å². The average Bonchev–Trinajstić information content (AvgIpc) is 3.56. The second-order valence-corrected chi connectivity index (χ2v) is 28.1. The highest BCUT2D eigenvalue weighted by atomic mass is 16.5. The molecule has 0 aliphatic carbocycles. The van der Waals surface area contributed by atoms with Crippen molar-refractivity contribution in [2.75, 3.05) is 13.2 Å². The molecule has 0 aromatic rings. The van der Waals surface area contributed by atoms with Gasteiger partial charge in [0.05, 0.1) is 25.4 Å². The molecule has 2 atom stereocenters. The minimum atomic E-state index is -0.842. The highest BCUT2D eigenvalue weighted by Gasteiger charge is 2.18. The largest absolute Gasteiger partial charge is 0.466 e. The molecule has 0 aliphatic rings. The smallest absolute Gasteiger partial charge is 0.305 e. The number of aliphatic hydroxyl groups is 2. The van der Waals surface area contributed by atoms with Gasteiger partial charge >= 0.3 is 5.97 Å². The van der Waals surface area contributed by atoms with Crippen LogP contribution >= 0.6 is 0 Å². The monoisotopic (exact) mass is 1250 g/mol. The summed E-state index contributed by atoms with van der Waals surface area (Å²) in [6, 6.07) is -0.625. The number of hydrogen-bond donors (Lipinski definition) is 3. The lowest BCUT2D eigenvalue weighted by molar-refractivity contribution is -0.143. The minimum Gasteiger partial charge on any atom is -0.466 e. The Morgan fingerprint density at radius 3 is 0.876 bits per heavy atom. The van der Waals surface area contributed by atoms with Crippen molar-refractivity contribution >= 4 is 11.9 Å². The summed E-state index contributed by atoms with van der Waals surface area (Å²) in [5.41, 5.74) is 0. The maximum atomic E-state index is 12.6. The van der Waals surface area contributed by atoms with E-state index in [4.69, 9.17) is 4.74 Å². The lowest BCUT2D eigenvalue weighted by Gasteiger charge is -2.20. The number of allylic oxidation sites excluding steroid dienone is 5. The number of rotatable bonds is 77. The average molecular weight is 1250 g/mol. The maximum Gasteiger partial charge on any atom is 0.305 e. The molecular formula is C83H159NO5. The Kier molecular flexibility index (Phi) is 76.8. The third-order valence-electron chi connectivity index (χ3n) is 19.2. The van der Waals surface area contributed by atoms with Crippen molar-refractivity contribution in [1.82, 2.24) is 5.32 Å². The fourth-order valence-corrected chi connectivity index (χ4v) is 13.0. The fraction of sp³-hybridized carbons (Fsp3) is 0.904. The number of aliphatic hydroxyl groups excluding tert-OH is 2. The molecule has 0 saturated heterocycles. The van der Waals surface area contributed by atoms with Crippen molar-refractivity contribution in [3.8, 4) is 0 Å². The predicted molar refractivity (Wildman–Crippen MR) is 393 cm³/mol. The van der Waals surface area contributed by atoms with Crippen molar-refractivity contribution in [2.45, 2.75) is 469 Å². The Morgan fingerprint density at radius 1 is 0.315 bits per heavy atom. The second kappa shape index (κ2) is 78.5. The Morgan fingerprint density at radius 2 is 0.562 bits per heavy atom. The van der Waals surface area contributed by atoms with Gasteiger partial charge < -0.3 is 20.3 Å². The molecule has 0 fully saturated rings. The molecule has 3 N–H and O–H groups in total. The van der Waals surface area contributed by atoms with Gasteiger partial charge in [-0.1, -0.05) is 416 Å². The van der Waals surface area contributed by atoms with Crippen LogP contribution in [0.15, 0.2) is 36.5 Å². The molecule has 2 unspecified atom stereocenters. The van der Waals surface area contributed by atoms with Gasteiger partial charge in [-0.05, 0) is 64.2 Å². The van der Waals surface area contributed by atoms with E-state index in [1.807, 2.05) is 6.08 Å². The summed E-state index contributed by atoms with van der Waals surface area (Å²) < 4.78 is 5.50. The normalized spacial score (nSPS) is 12.6. The summed E-state index contributed by atoms with van der Waals surface area (Å²) in [4.78, 5) is 24.6. The molecule has 0 spiro atoms. The van der Waals surface area contributed by atoms with Crippen molar-refractivity contribution in [2.24, 2.45) is 0 Å². The van der Waals surface area contributed by atoms with E-state index in [1.54, 1.807) is 6.08 Å². The molecule has 0 aliphatic heterocycles. The van der Waals surface area contributed by atoms with Gasteiger partial charge in [0.2, 0.25) is 5.91 Å². The number of nitrogens with one attached hydrogen (secondary N) is 1. The van der Waals surface area contributed by atoms with Gasteiger partial charge in [-0.15, -0.1) is 0 Å². The molecule has 0 saturated carbocycles. The number of hydrogen-bond acceptors (Lipinski definition) is 5. The highest BCUT2D eigenvalue weighted by Crippen LogP contribution is 2.20. The van der Waals surface area contributed by atoms with Gasteiger partial charge in [0.15, 0.2) is 0 Å². The van der Waals surface area contributed by atoms with Gasteiger partial charge in [-0.3, -0.25) is 9.59 Å². The first kappa shape index (κ1) is 87.1. The van der Waals surface area contributed by atoms with Crippen LogP contribution in [0.25, 0.3) is 0 Å². The van der Waals surface area contributed by atoms with Crippen LogP contribution in [0.2, 0.25) is 0 Å². The van der Waals surface area contributed by atoms with Crippen LogP contribution in [-0.4, -0.2) is 47.4 Å². The van der Waals surface area contributed by atoms with Crippen LogP contribution in [0.1, 0.15) is 457 Å². The number of amides is 1. The van der Waals surface area contributed by atoms with Crippen molar-refractivity contribution < 1.29 is 24.5 Å². The second-order valence-electron chi connectivity index (χ2n) is 28.1. The van der Waals surface area contributed by atoms with Crippen LogP contribution in [0, 0.1) is 0 Å². The van der Waals surface area contributed by atoms with E-state index < -0.39 is 12.1 Å². The first-order chi connectivity index (χ1) is 44.0. The Bertz CT molecular complexity index is 1440. The summed E-state index contributed by atoms with van der Waals surface area (Å²) >= 11 is 0. The summed E-state index contributed by atoms with van der Waals surface area (Å²) in [6.07, 6.45) is 103. The zero-order valence-corrected chi connectivity index (χ0v) is 60.4. The molecule has 526 valence electrons. The van der Waals surface area contributed by atoms with Crippen LogP contribution in [0.3, 0.4) is 0 Å². The van der Waals surface area contributed by atoms with E-state index >= 15 is 0 Å². The van der Waals surface area contributed by atoms with Gasteiger partial charge in [-0.25, -0.2) is 0 Å². The summed E-state index contributed by atoms with van der Waals surface area (Å²) in [5.74, 6) is -0.0488. The van der Waals surface area contributed by atoms with E-state index in [0.717, 1.165) is 51.4 Å². The summed E-state index contributed by atoms with van der Waals surface area (Å²) in [7, 11) is 0. The molecule has 0 rings (SSSR count). The summed E-state index contributed by atoms with van der Waals surface area (Å²) in [5, 5.41) is 23.3. The van der Waals surface area contributed by atoms with E-state index in [2.05, 4.69) is 43.5 Å². The first-order valence-electron chi connectivity index (χ1n) is 40.8. The van der Waals surface area contributed by atoms with Crippen molar-refractivity contribution in [1.29, 1.82) is 0 Å². The lowest BCUT2D eigenvalue weighted by atomic mass is 10.0.